The molecule has 1 fully saturated rings. The molecule has 0 radical (unpaired) electrons. The molecule has 2 aromatic carbocycles. The Morgan fingerprint density at radius 3 is 2.67 bits per heavy atom. The van der Waals surface area contributed by atoms with Gasteiger partial charge < -0.3 is 14.8 Å². The zero-order valence-electron chi connectivity index (χ0n) is 17.7. The van der Waals surface area contributed by atoms with Gasteiger partial charge in [-0.3, -0.25) is 0 Å². The van der Waals surface area contributed by atoms with Crippen LogP contribution in [0.2, 0.25) is 5.02 Å². The summed E-state index contributed by atoms with van der Waals surface area (Å²) < 4.78 is 13.0. The van der Waals surface area contributed by atoms with Crippen molar-refractivity contribution in [2.45, 2.75) is 44.9 Å². The Bertz CT molecular complexity index is 998. The fourth-order valence-corrected chi connectivity index (χ4v) is 4.17. The number of aromatic nitrogens is 2. The van der Waals surface area contributed by atoms with E-state index >= 15 is 0 Å². The molecule has 4 rings (SSSR count). The van der Waals surface area contributed by atoms with Crippen LogP contribution in [0.25, 0.3) is 16.9 Å². The van der Waals surface area contributed by atoms with E-state index in [4.69, 9.17) is 26.2 Å². The van der Waals surface area contributed by atoms with E-state index in [0.29, 0.717) is 11.1 Å². The molecule has 1 aromatic heterocycles. The molecule has 0 saturated carbocycles. The summed E-state index contributed by atoms with van der Waals surface area (Å²) in [7, 11) is 1.67. The van der Waals surface area contributed by atoms with Crippen LogP contribution in [-0.2, 0) is 11.3 Å². The molecule has 0 amide bonds. The largest absolute Gasteiger partial charge is 0.497 e. The fraction of sp³-hybridized carbons (Fsp3) is 0.375. The molecule has 1 atom stereocenters. The Morgan fingerprint density at radius 1 is 1.20 bits per heavy atom. The van der Waals surface area contributed by atoms with Crippen LogP contribution in [0.5, 0.6) is 5.75 Å². The first-order valence-corrected chi connectivity index (χ1v) is 10.7. The van der Waals surface area contributed by atoms with Gasteiger partial charge in [0, 0.05) is 36.5 Å². The van der Waals surface area contributed by atoms with Gasteiger partial charge in [-0.1, -0.05) is 29.8 Å². The highest BCUT2D eigenvalue weighted by molar-refractivity contribution is 6.33. The first kappa shape index (κ1) is 20.9. The van der Waals surface area contributed by atoms with Crippen LogP contribution in [0.3, 0.4) is 0 Å². The van der Waals surface area contributed by atoms with Crippen LogP contribution in [0.15, 0.2) is 54.7 Å². The molecule has 1 saturated heterocycles. The predicted octanol–water partition coefficient (Wildman–Crippen LogP) is 5.25. The van der Waals surface area contributed by atoms with Crippen molar-refractivity contribution in [1.82, 2.24) is 15.1 Å². The van der Waals surface area contributed by atoms with Gasteiger partial charge in [-0.05, 0) is 57.0 Å². The Labute approximate surface area is 183 Å². The van der Waals surface area contributed by atoms with Gasteiger partial charge in [0.15, 0.2) is 0 Å². The van der Waals surface area contributed by atoms with Crippen LogP contribution < -0.4 is 10.1 Å². The highest BCUT2D eigenvalue weighted by atomic mass is 35.5. The lowest BCUT2D eigenvalue weighted by atomic mass is 9.94. The lowest BCUT2D eigenvalue weighted by Crippen LogP contribution is -2.43. The minimum Gasteiger partial charge on any atom is -0.497 e. The average molecular weight is 426 g/mol. The number of rotatable bonds is 6. The molecule has 2 heterocycles. The number of halogens is 1. The molecular weight excluding hydrogens is 398 g/mol. The molecule has 0 spiro atoms. The third-order valence-electron chi connectivity index (χ3n) is 5.53. The zero-order chi connectivity index (χ0) is 21.1. The van der Waals surface area contributed by atoms with Gasteiger partial charge in [0.2, 0.25) is 0 Å². The van der Waals surface area contributed by atoms with Crippen molar-refractivity contribution in [2.24, 2.45) is 0 Å². The number of methoxy groups -OCH3 is 1. The van der Waals surface area contributed by atoms with Crippen LogP contribution in [-0.4, -0.2) is 35.1 Å². The van der Waals surface area contributed by atoms with Gasteiger partial charge >= 0.3 is 0 Å². The summed E-state index contributed by atoms with van der Waals surface area (Å²) in [5, 5.41) is 9.30. The van der Waals surface area contributed by atoms with E-state index in [-0.39, 0.29) is 5.60 Å². The topological polar surface area (TPSA) is 48.3 Å². The maximum Gasteiger partial charge on any atom is 0.119 e. The first-order chi connectivity index (χ1) is 14.4. The van der Waals surface area contributed by atoms with Gasteiger partial charge in [0.25, 0.3) is 0 Å². The van der Waals surface area contributed by atoms with Gasteiger partial charge in [-0.2, -0.15) is 5.10 Å². The minimum atomic E-state index is -0.0885. The summed E-state index contributed by atoms with van der Waals surface area (Å²) >= 11 is 6.51. The molecule has 0 aliphatic carbocycles. The van der Waals surface area contributed by atoms with E-state index in [1.165, 1.54) is 0 Å². The van der Waals surface area contributed by atoms with Crippen LogP contribution >= 0.6 is 11.6 Å². The smallest absolute Gasteiger partial charge is 0.119 e. The van der Waals surface area contributed by atoms with Crippen LogP contribution in [0, 0.1) is 0 Å². The second-order valence-electron chi connectivity index (χ2n) is 8.30. The molecule has 1 aliphatic heterocycles. The second-order valence-corrected chi connectivity index (χ2v) is 8.71. The Kier molecular flexibility index (Phi) is 6.14. The Balaban J connectivity index is 1.63. The van der Waals surface area contributed by atoms with Crippen molar-refractivity contribution in [3.8, 4) is 22.7 Å². The molecule has 3 aromatic rings. The molecular formula is C24H28ClN3O2. The summed E-state index contributed by atoms with van der Waals surface area (Å²) in [5.41, 5.74) is 3.84. The summed E-state index contributed by atoms with van der Waals surface area (Å²) in [5.74, 6) is 0.821. The predicted molar refractivity (Wildman–Crippen MR) is 120 cm³/mol. The summed E-state index contributed by atoms with van der Waals surface area (Å²) in [6, 6.07) is 16.1. The molecule has 6 heteroatoms. The van der Waals surface area contributed by atoms with Gasteiger partial charge in [0.05, 0.1) is 29.1 Å². The normalized spacial score (nSPS) is 18.3. The maximum atomic E-state index is 6.51. The van der Waals surface area contributed by atoms with Gasteiger partial charge in [-0.15, -0.1) is 0 Å². The van der Waals surface area contributed by atoms with E-state index in [1.807, 2.05) is 53.2 Å². The summed E-state index contributed by atoms with van der Waals surface area (Å²) in [4.78, 5) is 0. The number of nitrogens with one attached hydrogen (secondary N) is 1. The quantitative estimate of drug-likeness (QED) is 0.586. The number of hydrogen-bond acceptors (Lipinski definition) is 4. The standard InChI is InChI=1S/C24H28ClN3O2/c1-24(2)14-18(12-13-30-24)26-15-17-16-28(19-8-10-20(29-3)11-9-19)27-23(17)21-6-4-5-7-22(21)25/h4-11,16,18,26H,12-15H2,1-3H3. The van der Waals surface area contributed by atoms with E-state index in [2.05, 4.69) is 25.4 Å². The third-order valence-corrected chi connectivity index (χ3v) is 5.86. The van der Waals surface area contributed by atoms with E-state index < -0.39 is 0 Å². The van der Waals surface area contributed by atoms with Crippen molar-refractivity contribution in [3.05, 3.63) is 65.3 Å². The summed E-state index contributed by atoms with van der Waals surface area (Å²) in [6.45, 7) is 5.81. The molecule has 1 aliphatic rings. The third kappa shape index (κ3) is 4.69. The van der Waals surface area contributed by atoms with Crippen LogP contribution in [0.1, 0.15) is 32.3 Å². The minimum absolute atomic E-state index is 0.0885. The highest BCUT2D eigenvalue weighted by Gasteiger charge is 2.28. The Hall–Kier alpha value is -2.34. The lowest BCUT2D eigenvalue weighted by molar-refractivity contribution is -0.0630. The number of ether oxygens (including phenoxy) is 2. The van der Waals surface area contributed by atoms with E-state index in [0.717, 1.165) is 54.3 Å². The molecule has 5 nitrogen and oxygen atoms in total. The molecule has 158 valence electrons. The van der Waals surface area contributed by atoms with Gasteiger partial charge in [-0.25, -0.2) is 4.68 Å². The van der Waals surface area contributed by atoms with Crippen molar-refractivity contribution in [2.75, 3.05) is 13.7 Å². The van der Waals surface area contributed by atoms with Crippen molar-refractivity contribution >= 4 is 11.6 Å². The molecule has 1 N–H and O–H groups in total. The monoisotopic (exact) mass is 425 g/mol. The molecule has 30 heavy (non-hydrogen) atoms. The highest BCUT2D eigenvalue weighted by Crippen LogP contribution is 2.31. The maximum absolute atomic E-state index is 6.51. The van der Waals surface area contributed by atoms with Crippen LogP contribution in [0.4, 0.5) is 0 Å². The second kappa shape index (κ2) is 8.80. The molecule has 1 unspecified atom stereocenters. The number of hydrogen-bond donors (Lipinski definition) is 1. The lowest BCUT2D eigenvalue weighted by Gasteiger charge is -2.36. The van der Waals surface area contributed by atoms with Crippen molar-refractivity contribution in [1.29, 1.82) is 0 Å². The van der Waals surface area contributed by atoms with E-state index in [9.17, 15) is 0 Å². The molecule has 0 bridgehead atoms. The van der Waals surface area contributed by atoms with E-state index in [1.54, 1.807) is 7.11 Å². The average Bonchev–Trinajstić information content (AvgIpc) is 3.16. The fourth-order valence-electron chi connectivity index (χ4n) is 3.95. The number of benzene rings is 2. The van der Waals surface area contributed by atoms with Crippen molar-refractivity contribution in [3.63, 3.8) is 0 Å². The first-order valence-electron chi connectivity index (χ1n) is 10.3. The zero-order valence-corrected chi connectivity index (χ0v) is 18.4. The van der Waals surface area contributed by atoms with Gasteiger partial charge in [0.1, 0.15) is 5.75 Å². The van der Waals surface area contributed by atoms with Crippen molar-refractivity contribution < 1.29 is 9.47 Å². The number of nitrogens with zero attached hydrogens (tertiary/aromatic N) is 2. The SMILES string of the molecule is COc1ccc(-n2cc(CNC3CCOC(C)(C)C3)c(-c3ccccc3Cl)n2)cc1. The Morgan fingerprint density at radius 2 is 1.97 bits per heavy atom. The summed E-state index contributed by atoms with van der Waals surface area (Å²) in [6.07, 6.45) is 4.08.